The number of nitrogens with one attached hydrogen (secondary N) is 1. The number of hydrogen-bond acceptors (Lipinski definition) is 8. The second kappa shape index (κ2) is 10.4. The number of amides is 2. The smallest absolute Gasteiger partial charge is 0.284 e. The second-order valence-electron chi connectivity index (χ2n) is 6.75. The number of carbonyl (C=O) groups excluding carboxylic acids is 2. The van der Waals surface area contributed by atoms with Gasteiger partial charge in [0.25, 0.3) is 5.91 Å². The minimum Gasteiger partial charge on any atom is -0.491 e. The average Bonchev–Trinajstić information content (AvgIpc) is 3.26. The fourth-order valence-corrected chi connectivity index (χ4v) is 5.72. The summed E-state index contributed by atoms with van der Waals surface area (Å²) in [5, 5.41) is 2.45. The van der Waals surface area contributed by atoms with Gasteiger partial charge in [0.1, 0.15) is 18.1 Å². The van der Waals surface area contributed by atoms with E-state index in [0.717, 1.165) is 6.26 Å². The van der Waals surface area contributed by atoms with Crippen molar-refractivity contribution in [2.24, 2.45) is 0 Å². The number of nitrogens with zero attached hydrogens (tertiary/aromatic N) is 2. The molecule has 3 rings (SSSR count). The Morgan fingerprint density at radius 1 is 1.35 bits per heavy atom. The quantitative estimate of drug-likeness (QED) is 0.502. The van der Waals surface area contributed by atoms with Crippen LogP contribution in [-0.2, 0) is 14.8 Å². The molecule has 0 unspecified atom stereocenters. The van der Waals surface area contributed by atoms with Gasteiger partial charge in [-0.05, 0) is 24.6 Å². The number of sulfonamides is 1. The van der Waals surface area contributed by atoms with Gasteiger partial charge in [-0.3, -0.25) is 9.59 Å². The summed E-state index contributed by atoms with van der Waals surface area (Å²) >= 11 is 14.6. The van der Waals surface area contributed by atoms with Gasteiger partial charge in [0.15, 0.2) is 4.34 Å². The monoisotopic (exact) mass is 523 g/mol. The maximum absolute atomic E-state index is 12.3. The van der Waals surface area contributed by atoms with Crippen molar-refractivity contribution in [1.82, 2.24) is 14.6 Å². The number of carbonyl (C=O) groups is 2. The van der Waals surface area contributed by atoms with Crippen LogP contribution >= 0.6 is 46.3 Å². The maximum Gasteiger partial charge on any atom is 0.284 e. The minimum absolute atomic E-state index is 0.0432. The minimum atomic E-state index is -3.65. The normalized spacial score (nSPS) is 16.5. The van der Waals surface area contributed by atoms with Gasteiger partial charge >= 0.3 is 0 Å². The number of thioether (sulfide) groups is 1. The predicted molar refractivity (Wildman–Crippen MR) is 122 cm³/mol. The summed E-state index contributed by atoms with van der Waals surface area (Å²) in [6.07, 6.45) is 2.06. The van der Waals surface area contributed by atoms with E-state index in [2.05, 4.69) is 4.98 Å². The molecule has 0 spiro atoms. The van der Waals surface area contributed by atoms with Gasteiger partial charge in [-0.25, -0.2) is 18.1 Å². The molecule has 2 aromatic rings. The third-order valence-electron chi connectivity index (χ3n) is 4.28. The Labute approximate surface area is 198 Å². The van der Waals surface area contributed by atoms with Crippen LogP contribution in [0.3, 0.4) is 0 Å². The molecule has 0 saturated carbocycles. The van der Waals surface area contributed by atoms with Gasteiger partial charge in [0.05, 0.1) is 12.3 Å². The van der Waals surface area contributed by atoms with Crippen molar-refractivity contribution in [1.29, 1.82) is 0 Å². The summed E-state index contributed by atoms with van der Waals surface area (Å²) in [6.45, 7) is 0.832. The third kappa shape index (κ3) is 7.25. The SMILES string of the molecule is CS(=O)(=O)NC(=O)c1csc(SCCN2C(=O)CC[C@@H]2COc2cc(Cl)cc(Cl)c2)n1. The standard InChI is InChI=1S/C18H19Cl2N3O5S3/c1-31(26,27)22-17(25)15-10-30-18(21-15)29-5-4-23-13(2-3-16(23)24)9-28-14-7-11(19)6-12(20)8-14/h6-8,10,13H,2-5,9H2,1H3,(H,22,25)/t13-/m1/s1. The molecule has 1 aliphatic rings. The van der Waals surface area contributed by atoms with Crippen LogP contribution in [0.15, 0.2) is 27.9 Å². The third-order valence-corrected chi connectivity index (χ3v) is 7.28. The Kier molecular flexibility index (Phi) is 8.08. The summed E-state index contributed by atoms with van der Waals surface area (Å²) < 4.78 is 30.6. The van der Waals surface area contributed by atoms with Crippen molar-refractivity contribution >= 4 is 68.1 Å². The Balaban J connectivity index is 1.50. The summed E-state index contributed by atoms with van der Waals surface area (Å²) in [5.74, 6) is 0.421. The van der Waals surface area contributed by atoms with Gasteiger partial charge in [-0.1, -0.05) is 35.0 Å². The summed E-state index contributed by atoms with van der Waals surface area (Å²) in [6, 6.07) is 4.90. The molecule has 1 aromatic heterocycles. The predicted octanol–water partition coefficient (Wildman–Crippen LogP) is 3.30. The zero-order valence-corrected chi connectivity index (χ0v) is 20.3. The van der Waals surface area contributed by atoms with Crippen LogP contribution < -0.4 is 9.46 Å². The Morgan fingerprint density at radius 2 is 2.06 bits per heavy atom. The van der Waals surface area contributed by atoms with Crippen LogP contribution in [0.5, 0.6) is 5.75 Å². The van der Waals surface area contributed by atoms with Crippen molar-refractivity contribution in [2.45, 2.75) is 23.2 Å². The molecule has 0 aliphatic carbocycles. The molecule has 0 bridgehead atoms. The van der Waals surface area contributed by atoms with E-state index < -0.39 is 15.9 Å². The number of benzene rings is 1. The zero-order chi connectivity index (χ0) is 22.6. The van der Waals surface area contributed by atoms with E-state index in [1.165, 1.54) is 28.5 Å². The molecular weight excluding hydrogens is 505 g/mol. The lowest BCUT2D eigenvalue weighted by molar-refractivity contribution is -0.129. The number of rotatable bonds is 9. The van der Waals surface area contributed by atoms with Crippen LogP contribution in [0.1, 0.15) is 23.3 Å². The molecule has 1 N–H and O–H groups in total. The van der Waals surface area contributed by atoms with Crippen LogP contribution in [-0.4, -0.2) is 61.3 Å². The molecule has 13 heteroatoms. The molecule has 1 atom stereocenters. The van der Waals surface area contributed by atoms with E-state index >= 15 is 0 Å². The van der Waals surface area contributed by atoms with E-state index in [1.807, 2.05) is 4.72 Å². The van der Waals surface area contributed by atoms with Crippen molar-refractivity contribution in [3.8, 4) is 5.75 Å². The van der Waals surface area contributed by atoms with E-state index in [0.29, 0.717) is 51.9 Å². The largest absolute Gasteiger partial charge is 0.491 e. The summed E-state index contributed by atoms with van der Waals surface area (Å²) in [7, 11) is -3.65. The Bertz CT molecular complexity index is 1060. The van der Waals surface area contributed by atoms with Crippen molar-refractivity contribution in [2.75, 3.05) is 25.2 Å². The average molecular weight is 524 g/mol. The Hall–Kier alpha value is -1.53. The van der Waals surface area contributed by atoms with E-state index in [9.17, 15) is 18.0 Å². The number of aromatic nitrogens is 1. The fourth-order valence-electron chi connectivity index (χ4n) is 2.96. The number of thiazole rings is 1. The highest BCUT2D eigenvalue weighted by atomic mass is 35.5. The van der Waals surface area contributed by atoms with Gasteiger partial charge in [0.2, 0.25) is 15.9 Å². The first-order valence-corrected chi connectivity index (χ1v) is 13.6. The molecule has 1 saturated heterocycles. The summed E-state index contributed by atoms with van der Waals surface area (Å²) in [5.41, 5.74) is 0.0432. The van der Waals surface area contributed by atoms with Gasteiger partial charge < -0.3 is 9.64 Å². The first-order valence-electron chi connectivity index (χ1n) is 9.09. The van der Waals surface area contributed by atoms with E-state index in [-0.39, 0.29) is 17.6 Å². The first kappa shape index (κ1) is 24.1. The highest BCUT2D eigenvalue weighted by molar-refractivity contribution is 8.01. The number of ether oxygens (including phenoxy) is 1. The topological polar surface area (TPSA) is 106 Å². The molecule has 31 heavy (non-hydrogen) atoms. The second-order valence-corrected chi connectivity index (χ2v) is 11.6. The van der Waals surface area contributed by atoms with Crippen molar-refractivity contribution in [3.05, 3.63) is 39.3 Å². The highest BCUT2D eigenvalue weighted by Gasteiger charge is 2.31. The number of likely N-dealkylation sites (tertiary alicyclic amines) is 1. The number of halogens is 2. The fraction of sp³-hybridized carbons (Fsp3) is 0.389. The van der Waals surface area contributed by atoms with Gasteiger partial charge in [-0.2, -0.15) is 0 Å². The van der Waals surface area contributed by atoms with Gasteiger partial charge in [-0.15, -0.1) is 11.3 Å². The van der Waals surface area contributed by atoms with Crippen molar-refractivity contribution < 1.29 is 22.7 Å². The van der Waals surface area contributed by atoms with Crippen LogP contribution in [0.4, 0.5) is 0 Å². The Morgan fingerprint density at radius 3 is 2.74 bits per heavy atom. The molecule has 1 fully saturated rings. The lowest BCUT2D eigenvalue weighted by Crippen LogP contribution is -2.38. The molecular formula is C18H19Cl2N3O5S3. The van der Waals surface area contributed by atoms with Crippen LogP contribution in [0.25, 0.3) is 0 Å². The zero-order valence-electron chi connectivity index (χ0n) is 16.3. The van der Waals surface area contributed by atoms with Crippen LogP contribution in [0.2, 0.25) is 10.0 Å². The van der Waals surface area contributed by atoms with Crippen molar-refractivity contribution in [3.63, 3.8) is 0 Å². The molecule has 1 aliphatic heterocycles. The van der Waals surface area contributed by atoms with Gasteiger partial charge in [0, 0.05) is 34.1 Å². The number of hydrogen-bond donors (Lipinski definition) is 1. The van der Waals surface area contributed by atoms with E-state index in [4.69, 9.17) is 27.9 Å². The first-order chi connectivity index (χ1) is 14.6. The maximum atomic E-state index is 12.3. The van der Waals surface area contributed by atoms with Crippen LogP contribution in [0, 0.1) is 0 Å². The molecule has 168 valence electrons. The lowest BCUT2D eigenvalue weighted by atomic mass is 10.2. The molecule has 2 heterocycles. The summed E-state index contributed by atoms with van der Waals surface area (Å²) in [4.78, 5) is 30.0. The molecule has 8 nitrogen and oxygen atoms in total. The molecule has 1 aromatic carbocycles. The lowest BCUT2D eigenvalue weighted by Gasteiger charge is -2.24. The molecule has 2 amide bonds. The van der Waals surface area contributed by atoms with E-state index in [1.54, 1.807) is 23.1 Å². The highest BCUT2D eigenvalue weighted by Crippen LogP contribution is 2.27. The molecule has 0 radical (unpaired) electrons.